The highest BCUT2D eigenvalue weighted by Crippen LogP contribution is 2.34. The minimum absolute atomic E-state index is 0.143. The molecule has 0 unspecified atom stereocenters. The van der Waals surface area contributed by atoms with Crippen LogP contribution in [-0.2, 0) is 16.1 Å². The van der Waals surface area contributed by atoms with Crippen molar-refractivity contribution in [3.8, 4) is 0 Å². The Kier molecular flexibility index (Phi) is 6.13. The Morgan fingerprint density at radius 3 is 2.94 bits per heavy atom. The third kappa shape index (κ3) is 5.00. The highest BCUT2D eigenvalue weighted by atomic mass is 16.5. The summed E-state index contributed by atoms with van der Waals surface area (Å²) in [7, 11) is 0. The fraction of sp³-hybridized carbons (Fsp3) is 0.364. The fourth-order valence-electron chi connectivity index (χ4n) is 4.05. The molecule has 4 amide bonds. The highest BCUT2D eigenvalue weighted by molar-refractivity contribution is 5.96. The molecule has 1 aromatic heterocycles. The van der Waals surface area contributed by atoms with Gasteiger partial charge in [-0.1, -0.05) is 24.3 Å². The summed E-state index contributed by atoms with van der Waals surface area (Å²) in [6.07, 6.45) is 3.11. The average molecular weight is 423 g/mol. The summed E-state index contributed by atoms with van der Waals surface area (Å²) in [5.74, 6) is -0.0406. The lowest BCUT2D eigenvalue weighted by Crippen LogP contribution is -2.58. The van der Waals surface area contributed by atoms with Crippen LogP contribution in [0.4, 0.5) is 10.6 Å². The van der Waals surface area contributed by atoms with E-state index < -0.39 is 0 Å². The van der Waals surface area contributed by atoms with Crippen molar-refractivity contribution in [2.24, 2.45) is 5.92 Å². The zero-order valence-corrected chi connectivity index (χ0v) is 17.2. The van der Waals surface area contributed by atoms with Gasteiger partial charge in [0.2, 0.25) is 5.91 Å². The first kappa shape index (κ1) is 20.8. The van der Waals surface area contributed by atoms with Crippen LogP contribution in [0, 0.1) is 5.92 Å². The Labute approximate surface area is 180 Å². The molecule has 9 heteroatoms. The normalized spacial score (nSPS) is 22.5. The average Bonchev–Trinajstić information content (AvgIpc) is 2.77. The van der Waals surface area contributed by atoms with Gasteiger partial charge in [-0.25, -0.2) is 9.78 Å². The molecule has 4 rings (SSSR count). The maximum Gasteiger partial charge on any atom is 0.317 e. The SMILES string of the molecule is CC(=O)Nc1cc(C(=O)NCc2cccc([C@@H]3NC(=O)N[C@H]4OCCC[C@H]43)c2)ccn1. The van der Waals surface area contributed by atoms with Crippen molar-refractivity contribution in [1.29, 1.82) is 0 Å². The van der Waals surface area contributed by atoms with Crippen molar-refractivity contribution in [3.05, 3.63) is 59.3 Å². The summed E-state index contributed by atoms with van der Waals surface area (Å²) in [6, 6.07) is 10.6. The van der Waals surface area contributed by atoms with Crippen molar-refractivity contribution in [3.63, 3.8) is 0 Å². The summed E-state index contributed by atoms with van der Waals surface area (Å²) in [6.45, 7) is 2.36. The van der Waals surface area contributed by atoms with Crippen molar-refractivity contribution < 1.29 is 19.1 Å². The molecule has 0 radical (unpaired) electrons. The van der Waals surface area contributed by atoms with Crippen molar-refractivity contribution in [2.75, 3.05) is 11.9 Å². The molecule has 162 valence electrons. The second-order valence-electron chi connectivity index (χ2n) is 7.73. The minimum atomic E-state index is -0.277. The van der Waals surface area contributed by atoms with E-state index in [1.54, 1.807) is 6.07 Å². The number of amides is 4. The third-order valence-corrected chi connectivity index (χ3v) is 5.45. The number of rotatable bonds is 5. The van der Waals surface area contributed by atoms with Crippen LogP contribution in [0.5, 0.6) is 0 Å². The lowest BCUT2D eigenvalue weighted by Gasteiger charge is -2.42. The molecule has 2 aromatic rings. The largest absolute Gasteiger partial charge is 0.358 e. The third-order valence-electron chi connectivity index (χ3n) is 5.45. The molecule has 2 saturated heterocycles. The number of hydrogen-bond acceptors (Lipinski definition) is 5. The molecule has 3 atom stereocenters. The van der Waals surface area contributed by atoms with E-state index in [9.17, 15) is 14.4 Å². The Hall–Kier alpha value is -3.46. The lowest BCUT2D eigenvalue weighted by molar-refractivity contribution is -0.114. The lowest BCUT2D eigenvalue weighted by atomic mass is 9.85. The molecule has 0 spiro atoms. The number of pyridine rings is 1. The van der Waals surface area contributed by atoms with E-state index in [2.05, 4.69) is 26.3 Å². The Balaban J connectivity index is 1.43. The Morgan fingerprint density at radius 2 is 2.10 bits per heavy atom. The van der Waals surface area contributed by atoms with E-state index in [1.807, 2.05) is 24.3 Å². The van der Waals surface area contributed by atoms with Gasteiger partial charge in [0, 0.05) is 37.8 Å². The van der Waals surface area contributed by atoms with E-state index in [0.717, 1.165) is 24.0 Å². The number of nitrogens with one attached hydrogen (secondary N) is 4. The zero-order chi connectivity index (χ0) is 21.8. The zero-order valence-electron chi connectivity index (χ0n) is 17.2. The number of urea groups is 1. The van der Waals surface area contributed by atoms with Crippen LogP contribution in [0.1, 0.15) is 47.3 Å². The van der Waals surface area contributed by atoms with Crippen LogP contribution in [-0.4, -0.2) is 35.7 Å². The molecule has 2 aliphatic heterocycles. The Bertz CT molecular complexity index is 995. The topological polar surface area (TPSA) is 121 Å². The molecule has 4 N–H and O–H groups in total. The molecule has 2 fully saturated rings. The standard InChI is InChI=1S/C22H25N5O4/c1-13(28)25-18-11-16(7-8-23-18)20(29)24-12-14-4-2-5-15(10-14)19-17-6-3-9-31-21(17)27-22(30)26-19/h2,4-5,7-8,10-11,17,19,21H,3,6,9,12H2,1H3,(H,24,29)(H,23,25,28)(H2,26,27,30)/t17-,19-,21-/m0/s1. The summed E-state index contributed by atoms with van der Waals surface area (Å²) < 4.78 is 5.74. The highest BCUT2D eigenvalue weighted by Gasteiger charge is 2.39. The fourth-order valence-corrected chi connectivity index (χ4v) is 4.05. The monoisotopic (exact) mass is 423 g/mol. The summed E-state index contributed by atoms with van der Waals surface area (Å²) in [5.41, 5.74) is 2.31. The van der Waals surface area contributed by atoms with Gasteiger partial charge in [0.25, 0.3) is 5.91 Å². The van der Waals surface area contributed by atoms with Crippen LogP contribution in [0.3, 0.4) is 0 Å². The number of nitrogens with zero attached hydrogens (tertiary/aromatic N) is 1. The second kappa shape index (κ2) is 9.13. The van der Waals surface area contributed by atoms with Crippen LogP contribution >= 0.6 is 0 Å². The van der Waals surface area contributed by atoms with Gasteiger partial charge in [-0.3, -0.25) is 9.59 Å². The van der Waals surface area contributed by atoms with Crippen molar-refractivity contribution >= 4 is 23.7 Å². The van der Waals surface area contributed by atoms with Crippen LogP contribution in [0.15, 0.2) is 42.6 Å². The molecule has 0 bridgehead atoms. The van der Waals surface area contributed by atoms with Gasteiger partial charge in [0.05, 0.1) is 6.04 Å². The van der Waals surface area contributed by atoms with Gasteiger partial charge in [-0.15, -0.1) is 0 Å². The predicted molar refractivity (Wildman–Crippen MR) is 113 cm³/mol. The summed E-state index contributed by atoms with van der Waals surface area (Å²) in [4.78, 5) is 39.8. The van der Waals surface area contributed by atoms with E-state index in [4.69, 9.17) is 4.74 Å². The maximum atomic E-state index is 12.5. The molecule has 0 saturated carbocycles. The number of anilines is 1. The molecule has 2 aliphatic rings. The van der Waals surface area contributed by atoms with Gasteiger partial charge >= 0.3 is 6.03 Å². The number of fused-ring (bicyclic) bond motifs is 1. The number of aromatic nitrogens is 1. The van der Waals surface area contributed by atoms with Crippen LogP contribution < -0.4 is 21.3 Å². The van der Waals surface area contributed by atoms with E-state index in [0.29, 0.717) is 24.5 Å². The van der Waals surface area contributed by atoms with Gasteiger partial charge in [0.1, 0.15) is 12.0 Å². The van der Waals surface area contributed by atoms with Gasteiger partial charge in [-0.2, -0.15) is 0 Å². The Morgan fingerprint density at radius 1 is 1.23 bits per heavy atom. The number of carbonyl (C=O) groups excluding carboxylic acids is 3. The smallest absolute Gasteiger partial charge is 0.317 e. The van der Waals surface area contributed by atoms with Crippen molar-refractivity contribution in [2.45, 2.75) is 38.6 Å². The number of benzene rings is 1. The quantitative estimate of drug-likeness (QED) is 0.587. The van der Waals surface area contributed by atoms with E-state index in [1.165, 1.54) is 19.2 Å². The molecule has 0 aliphatic carbocycles. The van der Waals surface area contributed by atoms with E-state index >= 15 is 0 Å². The maximum absolute atomic E-state index is 12.5. The molecule has 1 aromatic carbocycles. The second-order valence-corrected chi connectivity index (χ2v) is 7.73. The first-order chi connectivity index (χ1) is 15.0. The molecule has 3 heterocycles. The van der Waals surface area contributed by atoms with Crippen LogP contribution in [0.2, 0.25) is 0 Å². The predicted octanol–water partition coefficient (Wildman–Crippen LogP) is 2.08. The van der Waals surface area contributed by atoms with Gasteiger partial charge in [-0.05, 0) is 36.1 Å². The molecular weight excluding hydrogens is 398 g/mol. The first-order valence-corrected chi connectivity index (χ1v) is 10.3. The molecule has 31 heavy (non-hydrogen) atoms. The van der Waals surface area contributed by atoms with Crippen LogP contribution in [0.25, 0.3) is 0 Å². The first-order valence-electron chi connectivity index (χ1n) is 10.3. The minimum Gasteiger partial charge on any atom is -0.358 e. The summed E-state index contributed by atoms with van der Waals surface area (Å²) in [5, 5.41) is 11.3. The number of carbonyl (C=O) groups is 3. The summed E-state index contributed by atoms with van der Waals surface area (Å²) >= 11 is 0. The number of hydrogen-bond donors (Lipinski definition) is 4. The van der Waals surface area contributed by atoms with Gasteiger partial charge in [0.15, 0.2) is 0 Å². The number of ether oxygens (including phenoxy) is 1. The molecular formula is C22H25N5O4. The van der Waals surface area contributed by atoms with E-state index in [-0.39, 0.29) is 36.0 Å². The van der Waals surface area contributed by atoms with Gasteiger partial charge < -0.3 is 26.0 Å². The van der Waals surface area contributed by atoms with Crippen molar-refractivity contribution in [1.82, 2.24) is 20.9 Å². The molecule has 9 nitrogen and oxygen atoms in total.